The predicted molar refractivity (Wildman–Crippen MR) is 47.3 cm³/mol. The number of hydrogen-bond donors (Lipinski definition) is 2. The van der Waals surface area contributed by atoms with E-state index in [4.69, 9.17) is 10.8 Å². The molecule has 0 rings (SSSR count). The third-order valence-electron chi connectivity index (χ3n) is 1.21. The largest absolute Gasteiger partial charge is 0.395 e. The lowest BCUT2D eigenvalue weighted by atomic mass is 10.4. The molecule has 0 heterocycles. The van der Waals surface area contributed by atoms with E-state index in [1.54, 1.807) is 0 Å². The summed E-state index contributed by atoms with van der Waals surface area (Å²) in [7, 11) is 0. The Hall–Kier alpha value is 0.270. The van der Waals surface area contributed by atoms with Gasteiger partial charge >= 0.3 is 0 Å². The molecule has 3 N–H and O–H groups in total. The van der Waals surface area contributed by atoms with Crippen LogP contribution in [0.25, 0.3) is 0 Å². The van der Waals surface area contributed by atoms with Crippen molar-refractivity contribution in [1.82, 2.24) is 0 Å². The van der Waals surface area contributed by atoms with E-state index >= 15 is 0 Å². The minimum absolute atomic E-state index is 0.0261. The monoisotopic (exact) mass is 163 g/mol. The van der Waals surface area contributed by atoms with Crippen LogP contribution < -0.4 is 5.73 Å². The van der Waals surface area contributed by atoms with Crippen LogP contribution in [0.3, 0.4) is 0 Å². The van der Waals surface area contributed by atoms with Crippen molar-refractivity contribution >= 4 is 11.8 Å². The Morgan fingerprint density at radius 2 is 2.30 bits per heavy atom. The molecule has 0 saturated heterocycles. The molecular weight excluding hydrogens is 146 g/mol. The average molecular weight is 163 g/mol. The van der Waals surface area contributed by atoms with Gasteiger partial charge in [0.15, 0.2) is 0 Å². The van der Waals surface area contributed by atoms with E-state index in [1.807, 2.05) is 11.8 Å². The molecule has 62 valence electrons. The van der Waals surface area contributed by atoms with E-state index in [2.05, 4.69) is 6.92 Å². The molecule has 0 unspecified atom stereocenters. The molecule has 0 aliphatic rings. The Labute approximate surface area is 67.2 Å². The Morgan fingerprint density at radius 3 is 2.80 bits per heavy atom. The van der Waals surface area contributed by atoms with Crippen LogP contribution in [-0.2, 0) is 0 Å². The lowest BCUT2D eigenvalue weighted by Crippen LogP contribution is -2.27. The lowest BCUT2D eigenvalue weighted by Gasteiger charge is -2.05. The van der Waals surface area contributed by atoms with E-state index in [-0.39, 0.29) is 12.6 Å². The van der Waals surface area contributed by atoms with E-state index < -0.39 is 0 Å². The maximum atomic E-state index is 8.55. The van der Waals surface area contributed by atoms with Gasteiger partial charge in [-0.05, 0) is 12.2 Å². The molecule has 0 aromatic carbocycles. The van der Waals surface area contributed by atoms with Gasteiger partial charge in [0.1, 0.15) is 0 Å². The fraction of sp³-hybridized carbons (Fsp3) is 1.00. The summed E-state index contributed by atoms with van der Waals surface area (Å²) >= 11 is 1.83. The Kier molecular flexibility index (Phi) is 7.58. The van der Waals surface area contributed by atoms with Crippen LogP contribution in [-0.4, -0.2) is 29.3 Å². The molecule has 0 aromatic heterocycles. The third kappa shape index (κ3) is 6.39. The average Bonchev–Trinajstić information content (AvgIpc) is 1.98. The second kappa shape index (κ2) is 7.38. The highest BCUT2D eigenvalue weighted by Gasteiger charge is 1.98. The Balaban J connectivity index is 2.89. The van der Waals surface area contributed by atoms with E-state index in [0.717, 1.165) is 5.75 Å². The Morgan fingerprint density at radius 1 is 1.60 bits per heavy atom. The summed E-state index contributed by atoms with van der Waals surface area (Å²) in [5.74, 6) is 2.06. The van der Waals surface area contributed by atoms with Gasteiger partial charge in [0.05, 0.1) is 6.61 Å². The standard InChI is InChI=1S/C7H17NOS/c1-2-3-4-10-6-7(8)5-9/h7,9H,2-6,8H2,1H3/t7-/m0/s1. The van der Waals surface area contributed by atoms with Gasteiger partial charge in [0.25, 0.3) is 0 Å². The minimum atomic E-state index is -0.0261. The Bertz CT molecular complexity index is 70.6. The summed E-state index contributed by atoms with van der Waals surface area (Å²) in [4.78, 5) is 0. The summed E-state index contributed by atoms with van der Waals surface area (Å²) in [6, 6.07) is -0.0261. The number of aliphatic hydroxyl groups excluding tert-OH is 1. The molecule has 3 heteroatoms. The quantitative estimate of drug-likeness (QED) is 0.570. The summed E-state index contributed by atoms with van der Waals surface area (Å²) in [6.45, 7) is 2.28. The molecule has 0 aliphatic heterocycles. The van der Waals surface area contributed by atoms with Crippen LogP contribution in [0.1, 0.15) is 19.8 Å². The number of rotatable bonds is 6. The first kappa shape index (κ1) is 10.3. The van der Waals surface area contributed by atoms with Crippen molar-refractivity contribution in [2.75, 3.05) is 18.1 Å². The van der Waals surface area contributed by atoms with Gasteiger partial charge in [-0.3, -0.25) is 0 Å². The zero-order valence-electron chi connectivity index (χ0n) is 6.55. The van der Waals surface area contributed by atoms with Crippen LogP contribution in [0.5, 0.6) is 0 Å². The van der Waals surface area contributed by atoms with Crippen LogP contribution >= 0.6 is 11.8 Å². The molecule has 0 amide bonds. The predicted octanol–water partition coefficient (Wildman–Crippen LogP) is 0.839. The summed E-state index contributed by atoms with van der Waals surface area (Å²) in [5, 5.41) is 8.55. The highest BCUT2D eigenvalue weighted by Crippen LogP contribution is 2.04. The molecule has 0 aromatic rings. The summed E-state index contributed by atoms with van der Waals surface area (Å²) in [5.41, 5.74) is 5.48. The number of unbranched alkanes of at least 4 members (excludes halogenated alkanes) is 1. The van der Waals surface area contributed by atoms with Crippen molar-refractivity contribution in [3.63, 3.8) is 0 Å². The third-order valence-corrected chi connectivity index (χ3v) is 2.45. The molecule has 1 atom stereocenters. The number of hydrogen-bond acceptors (Lipinski definition) is 3. The molecule has 0 aliphatic carbocycles. The van der Waals surface area contributed by atoms with Gasteiger partial charge in [-0.25, -0.2) is 0 Å². The fourth-order valence-electron chi connectivity index (χ4n) is 0.534. The van der Waals surface area contributed by atoms with Crippen molar-refractivity contribution in [2.45, 2.75) is 25.8 Å². The first-order valence-electron chi connectivity index (χ1n) is 3.75. The molecule has 0 fully saturated rings. The molecule has 0 radical (unpaired) electrons. The zero-order valence-corrected chi connectivity index (χ0v) is 7.36. The van der Waals surface area contributed by atoms with Gasteiger partial charge in [0, 0.05) is 11.8 Å². The van der Waals surface area contributed by atoms with Crippen LogP contribution in [0.4, 0.5) is 0 Å². The van der Waals surface area contributed by atoms with E-state index in [0.29, 0.717) is 0 Å². The molecule has 0 saturated carbocycles. The van der Waals surface area contributed by atoms with Gasteiger partial charge < -0.3 is 10.8 Å². The van der Waals surface area contributed by atoms with E-state index in [9.17, 15) is 0 Å². The maximum absolute atomic E-state index is 8.55. The topological polar surface area (TPSA) is 46.2 Å². The van der Waals surface area contributed by atoms with Crippen LogP contribution in [0.2, 0.25) is 0 Å². The molecule has 0 bridgehead atoms. The molecule has 0 spiro atoms. The smallest absolute Gasteiger partial charge is 0.0590 e. The zero-order chi connectivity index (χ0) is 7.82. The van der Waals surface area contributed by atoms with Gasteiger partial charge in [-0.1, -0.05) is 13.3 Å². The molecular formula is C7H17NOS. The molecule has 2 nitrogen and oxygen atoms in total. The second-order valence-corrected chi connectivity index (χ2v) is 3.52. The number of thioether (sulfide) groups is 1. The van der Waals surface area contributed by atoms with Crippen molar-refractivity contribution in [1.29, 1.82) is 0 Å². The number of nitrogens with two attached hydrogens (primary N) is 1. The first-order valence-corrected chi connectivity index (χ1v) is 4.91. The van der Waals surface area contributed by atoms with Gasteiger partial charge in [-0.15, -0.1) is 0 Å². The van der Waals surface area contributed by atoms with Crippen LogP contribution in [0, 0.1) is 0 Å². The van der Waals surface area contributed by atoms with Crippen molar-refractivity contribution in [3.05, 3.63) is 0 Å². The van der Waals surface area contributed by atoms with Crippen molar-refractivity contribution in [3.8, 4) is 0 Å². The van der Waals surface area contributed by atoms with Gasteiger partial charge in [0.2, 0.25) is 0 Å². The minimum Gasteiger partial charge on any atom is -0.395 e. The second-order valence-electron chi connectivity index (χ2n) is 2.37. The highest BCUT2D eigenvalue weighted by atomic mass is 32.2. The van der Waals surface area contributed by atoms with Gasteiger partial charge in [-0.2, -0.15) is 11.8 Å². The number of aliphatic hydroxyl groups is 1. The van der Waals surface area contributed by atoms with Crippen molar-refractivity contribution < 1.29 is 5.11 Å². The SMILES string of the molecule is CCCCSC[C@@H](N)CO. The lowest BCUT2D eigenvalue weighted by molar-refractivity contribution is 0.275. The fourth-order valence-corrected chi connectivity index (χ4v) is 1.60. The maximum Gasteiger partial charge on any atom is 0.0590 e. The summed E-state index contributed by atoms with van der Waals surface area (Å²) < 4.78 is 0. The molecule has 10 heavy (non-hydrogen) atoms. The summed E-state index contributed by atoms with van der Waals surface area (Å²) in [6.07, 6.45) is 2.49. The normalized spacial score (nSPS) is 13.5. The highest BCUT2D eigenvalue weighted by molar-refractivity contribution is 7.99. The van der Waals surface area contributed by atoms with E-state index in [1.165, 1.54) is 18.6 Å². The van der Waals surface area contributed by atoms with Crippen molar-refractivity contribution in [2.24, 2.45) is 5.73 Å². The first-order chi connectivity index (χ1) is 4.81. The van der Waals surface area contributed by atoms with Crippen LogP contribution in [0.15, 0.2) is 0 Å².